The molecule has 2 rings (SSSR count). The average molecular weight is 283 g/mol. The monoisotopic (exact) mass is 283 g/mol. The number of nitrogens with zero attached hydrogens (tertiary/aromatic N) is 1. The Hall–Kier alpha value is -1.27. The zero-order valence-electron chi connectivity index (χ0n) is 10.8. The maximum absolute atomic E-state index is 12.1. The van der Waals surface area contributed by atoms with Crippen LogP contribution in [-0.4, -0.2) is 20.6 Å². The van der Waals surface area contributed by atoms with E-state index in [1.54, 1.807) is 12.1 Å². The minimum Gasteiger partial charge on any atom is -0.261 e. The zero-order chi connectivity index (χ0) is 13.9. The number of aryl methyl sites for hydroxylation is 1. The van der Waals surface area contributed by atoms with E-state index in [9.17, 15) is 13.3 Å². The molecule has 104 valence electrons. The van der Waals surface area contributed by atoms with Gasteiger partial charge in [-0.2, -0.15) is 13.3 Å². The summed E-state index contributed by atoms with van der Waals surface area (Å²) in [5.41, 5.74) is 0.976. The van der Waals surface area contributed by atoms with Crippen LogP contribution in [0.3, 0.4) is 0 Å². The molecule has 0 saturated heterocycles. The average Bonchev–Trinajstić information content (AvgIpc) is 2.39. The van der Waals surface area contributed by atoms with Crippen LogP contribution in [0.1, 0.15) is 31.2 Å². The Morgan fingerprint density at radius 2 is 1.79 bits per heavy atom. The first-order valence-electron chi connectivity index (χ1n) is 6.35. The first kappa shape index (κ1) is 14.1. The maximum atomic E-state index is 12.1. The minimum atomic E-state index is -3.82. The Morgan fingerprint density at radius 1 is 1.16 bits per heavy atom. The molecule has 0 spiro atoms. The summed E-state index contributed by atoms with van der Waals surface area (Å²) in [6, 6.07) is 5.89. The Kier molecular flexibility index (Phi) is 4.31. The summed E-state index contributed by atoms with van der Waals surface area (Å²) in [5, 5.41) is 2.98. The Balaban J connectivity index is 2.16. The summed E-state index contributed by atoms with van der Waals surface area (Å²) in [6.45, 7) is 1.88. The third-order valence-electron chi connectivity index (χ3n) is 3.36. The summed E-state index contributed by atoms with van der Waals surface area (Å²) in [6.07, 6.45) is 2.28. The van der Waals surface area contributed by atoms with Crippen LogP contribution < -0.4 is 0 Å². The standard InChI is InChI=1S/C13H17NO4S/c1-10-6-8-11(9-7-10)19(16,17)18-13-5-3-2-4-12(13)14-15/h6-9,12-13H,2-5H2,1H3/t12-,13+/m1/s1. The molecule has 1 aliphatic rings. The van der Waals surface area contributed by atoms with Crippen LogP contribution in [0, 0.1) is 11.8 Å². The second-order valence-electron chi connectivity index (χ2n) is 4.86. The van der Waals surface area contributed by atoms with Crippen LogP contribution in [0.15, 0.2) is 34.3 Å². The van der Waals surface area contributed by atoms with E-state index in [4.69, 9.17) is 4.18 Å². The molecular weight excluding hydrogens is 266 g/mol. The highest BCUT2D eigenvalue weighted by molar-refractivity contribution is 7.86. The Morgan fingerprint density at radius 3 is 2.42 bits per heavy atom. The van der Waals surface area contributed by atoms with Crippen LogP contribution >= 0.6 is 0 Å². The van der Waals surface area contributed by atoms with E-state index in [1.807, 2.05) is 6.92 Å². The van der Waals surface area contributed by atoms with Gasteiger partial charge >= 0.3 is 0 Å². The van der Waals surface area contributed by atoms with E-state index < -0.39 is 22.3 Å². The molecule has 19 heavy (non-hydrogen) atoms. The SMILES string of the molecule is Cc1ccc(S(=O)(=O)O[C@H]2CCCC[C@H]2N=O)cc1. The molecule has 0 unspecified atom stereocenters. The van der Waals surface area contributed by atoms with Gasteiger partial charge in [-0.15, -0.1) is 0 Å². The van der Waals surface area contributed by atoms with Gasteiger partial charge in [0.15, 0.2) is 0 Å². The van der Waals surface area contributed by atoms with Crippen molar-refractivity contribution >= 4 is 10.1 Å². The quantitative estimate of drug-likeness (QED) is 0.629. The largest absolute Gasteiger partial charge is 0.297 e. The fourth-order valence-corrected chi connectivity index (χ4v) is 3.36. The third-order valence-corrected chi connectivity index (χ3v) is 4.71. The molecule has 0 bridgehead atoms. The molecule has 1 aliphatic carbocycles. The van der Waals surface area contributed by atoms with Gasteiger partial charge in [-0.05, 0) is 31.9 Å². The molecule has 0 aliphatic heterocycles. The predicted octanol–water partition coefficient (Wildman–Crippen LogP) is 2.78. The lowest BCUT2D eigenvalue weighted by molar-refractivity contribution is 0.139. The molecule has 1 saturated carbocycles. The van der Waals surface area contributed by atoms with Gasteiger partial charge in [0.2, 0.25) is 0 Å². The van der Waals surface area contributed by atoms with Crippen LogP contribution in [0.4, 0.5) is 0 Å². The summed E-state index contributed by atoms with van der Waals surface area (Å²) >= 11 is 0. The van der Waals surface area contributed by atoms with Crippen molar-refractivity contribution in [3.05, 3.63) is 34.7 Å². The van der Waals surface area contributed by atoms with Gasteiger partial charge in [0.05, 0.1) is 4.90 Å². The first-order valence-corrected chi connectivity index (χ1v) is 7.76. The lowest BCUT2D eigenvalue weighted by Gasteiger charge is -2.25. The van der Waals surface area contributed by atoms with E-state index >= 15 is 0 Å². The molecule has 2 atom stereocenters. The van der Waals surface area contributed by atoms with E-state index in [0.717, 1.165) is 18.4 Å². The van der Waals surface area contributed by atoms with Crippen molar-refractivity contribution in [3.8, 4) is 0 Å². The number of nitroso groups, excluding NO2 is 1. The summed E-state index contributed by atoms with van der Waals surface area (Å²) in [7, 11) is -3.82. The number of rotatable bonds is 4. The van der Waals surface area contributed by atoms with Crippen molar-refractivity contribution in [1.29, 1.82) is 0 Å². The second kappa shape index (κ2) is 5.79. The molecule has 0 amide bonds. The fourth-order valence-electron chi connectivity index (χ4n) is 2.23. The molecule has 1 aromatic rings. The smallest absolute Gasteiger partial charge is 0.261 e. The van der Waals surface area contributed by atoms with Crippen LogP contribution in [0.2, 0.25) is 0 Å². The van der Waals surface area contributed by atoms with E-state index in [1.165, 1.54) is 12.1 Å². The highest BCUT2D eigenvalue weighted by atomic mass is 32.2. The number of benzene rings is 1. The summed E-state index contributed by atoms with van der Waals surface area (Å²) in [5.74, 6) is 0. The van der Waals surface area contributed by atoms with Crippen molar-refractivity contribution in [1.82, 2.24) is 0 Å². The lowest BCUT2D eigenvalue weighted by Crippen LogP contribution is -2.32. The van der Waals surface area contributed by atoms with Crippen LogP contribution in [-0.2, 0) is 14.3 Å². The van der Waals surface area contributed by atoms with Crippen molar-refractivity contribution in [2.45, 2.75) is 49.6 Å². The maximum Gasteiger partial charge on any atom is 0.297 e. The molecule has 0 radical (unpaired) electrons. The van der Waals surface area contributed by atoms with E-state index in [0.29, 0.717) is 12.8 Å². The molecule has 0 aromatic heterocycles. The van der Waals surface area contributed by atoms with Crippen molar-refractivity contribution < 1.29 is 12.6 Å². The summed E-state index contributed by atoms with van der Waals surface area (Å²) in [4.78, 5) is 10.8. The van der Waals surface area contributed by atoms with Crippen LogP contribution in [0.25, 0.3) is 0 Å². The minimum absolute atomic E-state index is 0.119. The van der Waals surface area contributed by atoms with E-state index in [-0.39, 0.29) is 4.90 Å². The van der Waals surface area contributed by atoms with E-state index in [2.05, 4.69) is 5.18 Å². The third kappa shape index (κ3) is 3.39. The lowest BCUT2D eigenvalue weighted by atomic mass is 9.93. The van der Waals surface area contributed by atoms with Gasteiger partial charge in [0.1, 0.15) is 12.1 Å². The normalized spacial score (nSPS) is 24.1. The van der Waals surface area contributed by atoms with Gasteiger partial charge in [-0.1, -0.05) is 35.7 Å². The molecule has 0 N–H and O–H groups in total. The Bertz CT molecular complexity index is 538. The number of hydrogen-bond acceptors (Lipinski definition) is 5. The molecule has 1 aromatic carbocycles. The van der Waals surface area contributed by atoms with Crippen molar-refractivity contribution in [2.75, 3.05) is 0 Å². The van der Waals surface area contributed by atoms with Crippen molar-refractivity contribution in [3.63, 3.8) is 0 Å². The topological polar surface area (TPSA) is 72.8 Å². The highest BCUT2D eigenvalue weighted by Gasteiger charge is 2.31. The van der Waals surface area contributed by atoms with Crippen LogP contribution in [0.5, 0.6) is 0 Å². The van der Waals surface area contributed by atoms with Gasteiger partial charge in [-0.3, -0.25) is 4.18 Å². The van der Waals surface area contributed by atoms with Gasteiger partial charge in [0, 0.05) is 0 Å². The van der Waals surface area contributed by atoms with Gasteiger partial charge < -0.3 is 0 Å². The van der Waals surface area contributed by atoms with Gasteiger partial charge in [-0.25, -0.2) is 0 Å². The zero-order valence-corrected chi connectivity index (χ0v) is 11.6. The summed E-state index contributed by atoms with van der Waals surface area (Å²) < 4.78 is 29.4. The van der Waals surface area contributed by atoms with Gasteiger partial charge in [0.25, 0.3) is 10.1 Å². The molecule has 6 heteroatoms. The molecule has 0 heterocycles. The molecular formula is C13H17NO4S. The first-order chi connectivity index (χ1) is 9.03. The number of hydrogen-bond donors (Lipinski definition) is 0. The Labute approximate surface area is 113 Å². The predicted molar refractivity (Wildman–Crippen MR) is 71.3 cm³/mol. The fraction of sp³-hybridized carbons (Fsp3) is 0.538. The second-order valence-corrected chi connectivity index (χ2v) is 6.43. The highest BCUT2D eigenvalue weighted by Crippen LogP contribution is 2.27. The molecule has 1 fully saturated rings. The molecule has 5 nitrogen and oxygen atoms in total. The van der Waals surface area contributed by atoms with Crippen molar-refractivity contribution in [2.24, 2.45) is 5.18 Å².